The van der Waals surface area contributed by atoms with Crippen molar-refractivity contribution in [2.45, 2.75) is 30.8 Å². The minimum Gasteiger partial charge on any atom is -0.475 e. The van der Waals surface area contributed by atoms with Crippen molar-refractivity contribution in [2.75, 3.05) is 58.3 Å². The average molecular weight is 545 g/mol. The Morgan fingerprint density at radius 2 is 1.46 bits per heavy atom. The van der Waals surface area contributed by atoms with Crippen molar-refractivity contribution in [3.63, 3.8) is 0 Å². The van der Waals surface area contributed by atoms with E-state index in [1.807, 2.05) is 30.0 Å². The number of alkyl halides is 6. The first-order chi connectivity index (χ1) is 17.0. The summed E-state index contributed by atoms with van der Waals surface area (Å²) in [4.78, 5) is 36.5. The highest BCUT2D eigenvalue weighted by Crippen LogP contribution is 2.31. The number of halogens is 6. The van der Waals surface area contributed by atoms with Gasteiger partial charge in [-0.2, -0.15) is 26.3 Å². The number of morpholine rings is 1. The van der Waals surface area contributed by atoms with E-state index in [0.717, 1.165) is 25.9 Å². The molecule has 9 nitrogen and oxygen atoms in total. The minimum absolute atomic E-state index is 0.203. The van der Waals surface area contributed by atoms with Crippen LogP contribution >= 0.6 is 0 Å². The number of piperidine rings is 1. The molecule has 37 heavy (non-hydrogen) atoms. The molecule has 210 valence electrons. The number of aliphatic carboxylic acids is 2. The normalized spacial score (nSPS) is 19.9. The summed E-state index contributed by atoms with van der Waals surface area (Å²) in [5.74, 6) is -5.31. The van der Waals surface area contributed by atoms with E-state index in [1.54, 1.807) is 0 Å². The Kier molecular flexibility index (Phi) is 11.6. The van der Waals surface area contributed by atoms with Crippen LogP contribution in [0.2, 0.25) is 0 Å². The van der Waals surface area contributed by atoms with Crippen LogP contribution in [0.3, 0.4) is 0 Å². The van der Waals surface area contributed by atoms with Crippen LogP contribution in [0.4, 0.5) is 32.0 Å². The second kappa shape index (κ2) is 13.5. The molecule has 2 fully saturated rings. The van der Waals surface area contributed by atoms with Crippen molar-refractivity contribution in [1.29, 1.82) is 0 Å². The van der Waals surface area contributed by atoms with Crippen LogP contribution in [-0.4, -0.2) is 109 Å². The van der Waals surface area contributed by atoms with Crippen molar-refractivity contribution in [3.8, 4) is 0 Å². The van der Waals surface area contributed by atoms with Gasteiger partial charge in [0.2, 0.25) is 5.91 Å². The van der Waals surface area contributed by atoms with Gasteiger partial charge in [-0.05, 0) is 39.1 Å². The molecule has 0 radical (unpaired) electrons. The van der Waals surface area contributed by atoms with E-state index in [-0.39, 0.29) is 11.5 Å². The maximum Gasteiger partial charge on any atom is 0.490 e. The highest BCUT2D eigenvalue weighted by atomic mass is 19.4. The van der Waals surface area contributed by atoms with Crippen LogP contribution in [0.25, 0.3) is 0 Å². The molecule has 2 heterocycles. The summed E-state index contributed by atoms with van der Waals surface area (Å²) < 4.78 is 69.7. The van der Waals surface area contributed by atoms with Gasteiger partial charge in [-0.15, -0.1) is 0 Å². The second-order valence-corrected chi connectivity index (χ2v) is 8.55. The van der Waals surface area contributed by atoms with Crippen LogP contribution in [0.1, 0.15) is 12.8 Å². The van der Waals surface area contributed by atoms with E-state index in [4.69, 9.17) is 24.5 Å². The number of hydrogen-bond donors (Lipinski definition) is 2. The number of hydrogen-bond acceptors (Lipinski definition) is 6. The lowest BCUT2D eigenvalue weighted by molar-refractivity contribution is -0.193. The number of benzene rings is 1. The van der Waals surface area contributed by atoms with E-state index in [2.05, 4.69) is 29.2 Å². The van der Waals surface area contributed by atoms with Gasteiger partial charge in [-0.25, -0.2) is 9.59 Å². The molecule has 0 aromatic heterocycles. The Balaban J connectivity index is 0.000000404. The first-order valence-electron chi connectivity index (χ1n) is 10.9. The predicted octanol–water partition coefficient (Wildman–Crippen LogP) is 2.71. The molecule has 0 saturated carbocycles. The van der Waals surface area contributed by atoms with Gasteiger partial charge >= 0.3 is 24.3 Å². The van der Waals surface area contributed by atoms with Gasteiger partial charge in [-0.1, -0.05) is 18.2 Å². The Morgan fingerprint density at radius 3 is 1.92 bits per heavy atom. The van der Waals surface area contributed by atoms with E-state index in [1.165, 1.54) is 5.69 Å². The zero-order chi connectivity index (χ0) is 28.4. The summed E-state index contributed by atoms with van der Waals surface area (Å²) in [5, 5.41) is 14.2. The van der Waals surface area contributed by atoms with Crippen LogP contribution in [-0.2, 0) is 19.1 Å². The zero-order valence-electron chi connectivity index (χ0n) is 20.2. The third-order valence-corrected chi connectivity index (χ3v) is 5.20. The molecule has 15 heteroatoms. The van der Waals surface area contributed by atoms with Gasteiger partial charge in [-0.3, -0.25) is 4.79 Å². The largest absolute Gasteiger partial charge is 0.490 e. The zero-order valence-corrected chi connectivity index (χ0v) is 20.2. The maximum atomic E-state index is 12.4. The van der Waals surface area contributed by atoms with Gasteiger partial charge in [0.15, 0.2) is 0 Å². The molecule has 2 N–H and O–H groups in total. The summed E-state index contributed by atoms with van der Waals surface area (Å²) >= 11 is 0. The van der Waals surface area contributed by atoms with E-state index >= 15 is 0 Å². The number of carbonyl (C=O) groups excluding carboxylic acids is 1. The summed E-state index contributed by atoms with van der Waals surface area (Å²) in [6, 6.07) is 10.5. The molecule has 1 aromatic rings. The molecule has 0 bridgehead atoms. The number of anilines is 1. The standard InChI is InChI=1S/C18H27N3O2.2C2HF3O2/c1-19(2)13-17(22)21-11-12-23-18(15-21)9-6-10-20(14-18)16-7-4-3-5-8-16;2*3-2(4,5)1(6)7/h3-5,7-8H,6,9-15H2,1-2H3;2*(H,6,7). The molecule has 2 aliphatic rings. The van der Waals surface area contributed by atoms with E-state index in [9.17, 15) is 31.1 Å². The number of likely N-dealkylation sites (N-methyl/N-ethyl adjacent to an activating group) is 1. The first-order valence-corrected chi connectivity index (χ1v) is 10.9. The first kappa shape index (κ1) is 32.0. The van der Waals surface area contributed by atoms with E-state index in [0.29, 0.717) is 26.2 Å². The van der Waals surface area contributed by atoms with Gasteiger partial charge in [0, 0.05) is 25.3 Å². The van der Waals surface area contributed by atoms with Crippen LogP contribution < -0.4 is 4.90 Å². The average Bonchev–Trinajstić information content (AvgIpc) is 2.79. The van der Waals surface area contributed by atoms with Crippen molar-refractivity contribution >= 4 is 23.5 Å². The van der Waals surface area contributed by atoms with Crippen LogP contribution in [0.5, 0.6) is 0 Å². The van der Waals surface area contributed by atoms with Crippen molar-refractivity contribution < 1.29 is 55.7 Å². The molecule has 1 atom stereocenters. The molecule has 3 rings (SSSR count). The van der Waals surface area contributed by atoms with Crippen molar-refractivity contribution in [1.82, 2.24) is 9.80 Å². The van der Waals surface area contributed by atoms with Gasteiger partial charge in [0.1, 0.15) is 5.60 Å². The third-order valence-electron chi connectivity index (χ3n) is 5.20. The number of carboxylic acids is 2. The van der Waals surface area contributed by atoms with E-state index < -0.39 is 24.3 Å². The molecular formula is C22H29F6N3O6. The van der Waals surface area contributed by atoms with Crippen molar-refractivity contribution in [3.05, 3.63) is 30.3 Å². The number of para-hydroxylation sites is 1. The van der Waals surface area contributed by atoms with Gasteiger partial charge in [0.25, 0.3) is 0 Å². The molecule has 1 aromatic carbocycles. The SMILES string of the molecule is CN(C)CC(=O)N1CCOC2(CCCN(c3ccccc3)C2)C1.O=C(O)C(F)(F)F.O=C(O)C(F)(F)F. The Hall–Kier alpha value is -3.07. The fourth-order valence-corrected chi connectivity index (χ4v) is 3.63. The number of nitrogens with zero attached hydrogens (tertiary/aromatic N) is 3. The Bertz CT molecular complexity index is 869. The predicted molar refractivity (Wildman–Crippen MR) is 119 cm³/mol. The fraction of sp³-hybridized carbons (Fsp3) is 0.591. The number of rotatable bonds is 3. The fourth-order valence-electron chi connectivity index (χ4n) is 3.63. The van der Waals surface area contributed by atoms with Gasteiger partial charge in [0.05, 0.1) is 19.7 Å². The summed E-state index contributed by atoms with van der Waals surface area (Å²) in [5.41, 5.74) is 1.03. The highest BCUT2D eigenvalue weighted by Gasteiger charge is 2.42. The lowest BCUT2D eigenvalue weighted by atomic mass is 9.90. The molecule has 1 amide bonds. The van der Waals surface area contributed by atoms with Crippen LogP contribution in [0.15, 0.2) is 30.3 Å². The minimum atomic E-state index is -5.08. The number of carboxylic acid groups (broad SMARTS) is 2. The lowest BCUT2D eigenvalue weighted by Gasteiger charge is -2.48. The Morgan fingerprint density at radius 1 is 0.946 bits per heavy atom. The summed E-state index contributed by atoms with van der Waals surface area (Å²) in [7, 11) is 3.87. The second-order valence-electron chi connectivity index (χ2n) is 8.55. The summed E-state index contributed by atoms with van der Waals surface area (Å²) in [6.07, 6.45) is -8.04. The molecule has 1 spiro atoms. The molecule has 0 aliphatic carbocycles. The number of ether oxygens (including phenoxy) is 1. The smallest absolute Gasteiger partial charge is 0.475 e. The molecular weight excluding hydrogens is 516 g/mol. The molecule has 2 saturated heterocycles. The third kappa shape index (κ3) is 11.2. The maximum absolute atomic E-state index is 12.4. The van der Waals surface area contributed by atoms with Crippen molar-refractivity contribution in [2.24, 2.45) is 0 Å². The molecule has 1 unspecified atom stereocenters. The molecule has 2 aliphatic heterocycles. The number of amides is 1. The highest BCUT2D eigenvalue weighted by molar-refractivity contribution is 5.78. The quantitative estimate of drug-likeness (QED) is 0.558. The Labute approximate surface area is 209 Å². The lowest BCUT2D eigenvalue weighted by Crippen LogP contribution is -2.61. The van der Waals surface area contributed by atoms with Gasteiger partial charge < -0.3 is 29.6 Å². The monoisotopic (exact) mass is 545 g/mol. The van der Waals surface area contributed by atoms with Crippen LogP contribution in [0, 0.1) is 0 Å². The summed E-state index contributed by atoms with van der Waals surface area (Å²) in [6.45, 7) is 4.45. The number of carbonyl (C=O) groups is 3. The topological polar surface area (TPSA) is 111 Å².